The molecule has 0 fully saturated rings. The third-order valence-corrected chi connectivity index (χ3v) is 3.93. The van der Waals surface area contributed by atoms with Crippen LogP contribution in [0.1, 0.15) is 5.56 Å². The minimum absolute atomic E-state index is 0.607. The highest BCUT2D eigenvalue weighted by Crippen LogP contribution is 2.18. The molecule has 3 aromatic rings. The molecule has 22 heavy (non-hydrogen) atoms. The summed E-state index contributed by atoms with van der Waals surface area (Å²) in [6.07, 6.45) is 0. The van der Waals surface area contributed by atoms with E-state index in [1.165, 1.54) is 5.56 Å². The van der Waals surface area contributed by atoms with Gasteiger partial charge in [0.25, 0.3) is 0 Å². The molecule has 0 saturated carbocycles. The number of tetrazole rings is 1. The van der Waals surface area contributed by atoms with Gasteiger partial charge in [0.05, 0.1) is 12.3 Å². The van der Waals surface area contributed by atoms with E-state index in [4.69, 9.17) is 4.74 Å². The lowest BCUT2D eigenvalue weighted by Crippen LogP contribution is -2.03. The molecule has 0 spiro atoms. The van der Waals surface area contributed by atoms with Crippen LogP contribution < -0.4 is 4.74 Å². The Morgan fingerprint density at radius 2 is 1.82 bits per heavy atom. The molecule has 0 bridgehead atoms. The average molecular weight is 312 g/mol. The molecule has 3 rings (SSSR count). The highest BCUT2D eigenvalue weighted by Gasteiger charge is 2.08. The standard InChI is InChI=1S/C16H16N4OS/c1-13-7-9-14(10-8-13)20-16(17-18-19-20)22-12-11-21-15-5-3-2-4-6-15/h2-10H,11-12H2,1H3. The van der Waals surface area contributed by atoms with E-state index in [-0.39, 0.29) is 0 Å². The summed E-state index contributed by atoms with van der Waals surface area (Å²) in [6, 6.07) is 17.9. The van der Waals surface area contributed by atoms with Crippen molar-refractivity contribution in [3.05, 3.63) is 60.2 Å². The maximum absolute atomic E-state index is 5.67. The number of aryl methyl sites for hydroxylation is 1. The van der Waals surface area contributed by atoms with Crippen molar-refractivity contribution in [3.8, 4) is 11.4 Å². The van der Waals surface area contributed by atoms with Crippen LogP contribution in [-0.2, 0) is 0 Å². The van der Waals surface area contributed by atoms with Gasteiger partial charge in [-0.2, -0.15) is 4.68 Å². The van der Waals surface area contributed by atoms with Gasteiger partial charge in [-0.3, -0.25) is 0 Å². The summed E-state index contributed by atoms with van der Waals surface area (Å²) in [6.45, 7) is 2.66. The number of aromatic nitrogens is 4. The fourth-order valence-electron chi connectivity index (χ4n) is 1.93. The molecule has 0 unspecified atom stereocenters. The number of para-hydroxylation sites is 1. The fraction of sp³-hybridized carbons (Fsp3) is 0.188. The first kappa shape index (κ1) is 14.6. The van der Waals surface area contributed by atoms with Crippen molar-refractivity contribution in [1.29, 1.82) is 0 Å². The molecule has 0 aliphatic heterocycles. The van der Waals surface area contributed by atoms with E-state index in [0.29, 0.717) is 6.61 Å². The molecule has 2 aromatic carbocycles. The highest BCUT2D eigenvalue weighted by atomic mass is 32.2. The zero-order valence-corrected chi connectivity index (χ0v) is 13.0. The number of hydrogen-bond acceptors (Lipinski definition) is 5. The summed E-state index contributed by atoms with van der Waals surface area (Å²) in [7, 11) is 0. The van der Waals surface area contributed by atoms with E-state index in [2.05, 4.69) is 22.4 Å². The van der Waals surface area contributed by atoms with Crippen LogP contribution in [0.3, 0.4) is 0 Å². The van der Waals surface area contributed by atoms with Gasteiger partial charge in [0.2, 0.25) is 5.16 Å². The first-order valence-electron chi connectivity index (χ1n) is 6.99. The van der Waals surface area contributed by atoms with E-state index in [1.54, 1.807) is 16.4 Å². The molecular formula is C16H16N4OS. The van der Waals surface area contributed by atoms with Gasteiger partial charge in [-0.25, -0.2) is 0 Å². The Bertz CT molecular complexity index is 713. The summed E-state index contributed by atoms with van der Waals surface area (Å²) in [5.41, 5.74) is 2.17. The van der Waals surface area contributed by atoms with Crippen LogP contribution in [0.4, 0.5) is 0 Å². The third-order valence-electron chi connectivity index (χ3n) is 3.05. The van der Waals surface area contributed by atoms with Crippen LogP contribution >= 0.6 is 11.8 Å². The molecule has 112 valence electrons. The maximum Gasteiger partial charge on any atom is 0.214 e. The van der Waals surface area contributed by atoms with Crippen molar-refractivity contribution in [2.24, 2.45) is 0 Å². The second kappa shape index (κ2) is 7.09. The molecule has 0 aliphatic rings. The molecule has 1 heterocycles. The van der Waals surface area contributed by atoms with Crippen molar-refractivity contribution < 1.29 is 4.74 Å². The van der Waals surface area contributed by atoms with Gasteiger partial charge in [-0.1, -0.05) is 47.7 Å². The SMILES string of the molecule is Cc1ccc(-n2nnnc2SCCOc2ccccc2)cc1. The van der Waals surface area contributed by atoms with Crippen molar-refractivity contribution in [3.63, 3.8) is 0 Å². The minimum atomic E-state index is 0.607. The fourth-order valence-corrected chi connectivity index (χ4v) is 2.63. The Morgan fingerprint density at radius 3 is 2.59 bits per heavy atom. The molecule has 5 nitrogen and oxygen atoms in total. The summed E-state index contributed by atoms with van der Waals surface area (Å²) in [5.74, 6) is 1.66. The maximum atomic E-state index is 5.67. The number of nitrogens with zero attached hydrogens (tertiary/aromatic N) is 4. The van der Waals surface area contributed by atoms with Crippen molar-refractivity contribution in [1.82, 2.24) is 20.2 Å². The molecule has 0 N–H and O–H groups in total. The van der Waals surface area contributed by atoms with Gasteiger partial charge < -0.3 is 4.74 Å². The van der Waals surface area contributed by atoms with Crippen LogP contribution in [-0.4, -0.2) is 32.6 Å². The summed E-state index contributed by atoms with van der Waals surface area (Å²) < 4.78 is 7.41. The summed E-state index contributed by atoms with van der Waals surface area (Å²) >= 11 is 1.57. The van der Waals surface area contributed by atoms with E-state index in [0.717, 1.165) is 22.3 Å². The Morgan fingerprint density at radius 1 is 1.05 bits per heavy atom. The lowest BCUT2D eigenvalue weighted by atomic mass is 10.2. The Kier molecular flexibility index (Phi) is 4.70. The van der Waals surface area contributed by atoms with Crippen molar-refractivity contribution in [2.45, 2.75) is 12.1 Å². The molecule has 0 saturated heterocycles. The van der Waals surface area contributed by atoms with Crippen LogP contribution in [0.15, 0.2) is 59.8 Å². The van der Waals surface area contributed by atoms with E-state index < -0.39 is 0 Å². The topological polar surface area (TPSA) is 52.8 Å². The van der Waals surface area contributed by atoms with E-state index in [1.807, 2.05) is 54.6 Å². The first-order valence-corrected chi connectivity index (χ1v) is 7.97. The number of thioether (sulfide) groups is 1. The predicted octanol–water partition coefficient (Wildman–Crippen LogP) is 3.14. The molecule has 0 aliphatic carbocycles. The largest absolute Gasteiger partial charge is 0.493 e. The molecule has 0 amide bonds. The lowest BCUT2D eigenvalue weighted by molar-refractivity contribution is 0.344. The zero-order chi connectivity index (χ0) is 15.2. The second-order valence-corrected chi connectivity index (χ2v) is 5.78. The molecule has 1 aromatic heterocycles. The zero-order valence-electron chi connectivity index (χ0n) is 12.2. The van der Waals surface area contributed by atoms with Crippen molar-refractivity contribution in [2.75, 3.05) is 12.4 Å². The van der Waals surface area contributed by atoms with E-state index >= 15 is 0 Å². The Hall–Kier alpha value is -2.34. The number of rotatable bonds is 6. The second-order valence-electron chi connectivity index (χ2n) is 4.72. The van der Waals surface area contributed by atoms with Crippen LogP contribution in [0.5, 0.6) is 5.75 Å². The van der Waals surface area contributed by atoms with Gasteiger partial charge in [0, 0.05) is 5.75 Å². The highest BCUT2D eigenvalue weighted by molar-refractivity contribution is 7.99. The first-order chi connectivity index (χ1) is 10.8. The number of hydrogen-bond donors (Lipinski definition) is 0. The molecule has 0 radical (unpaired) electrons. The van der Waals surface area contributed by atoms with Gasteiger partial charge in [-0.15, -0.1) is 5.10 Å². The number of ether oxygens (including phenoxy) is 1. The van der Waals surface area contributed by atoms with Gasteiger partial charge >= 0.3 is 0 Å². The Balaban J connectivity index is 1.57. The quantitative estimate of drug-likeness (QED) is 0.517. The normalized spacial score (nSPS) is 10.6. The number of benzene rings is 2. The predicted molar refractivity (Wildman–Crippen MR) is 86.6 cm³/mol. The van der Waals surface area contributed by atoms with Gasteiger partial charge in [0.15, 0.2) is 0 Å². The summed E-state index contributed by atoms with van der Waals surface area (Å²) in [5, 5.41) is 12.6. The molecular weight excluding hydrogens is 296 g/mol. The van der Waals surface area contributed by atoms with Crippen molar-refractivity contribution >= 4 is 11.8 Å². The smallest absolute Gasteiger partial charge is 0.214 e. The van der Waals surface area contributed by atoms with Crippen LogP contribution in [0, 0.1) is 6.92 Å². The lowest BCUT2D eigenvalue weighted by Gasteiger charge is -2.06. The van der Waals surface area contributed by atoms with Crippen LogP contribution in [0.2, 0.25) is 0 Å². The molecule has 6 heteroatoms. The molecule has 0 atom stereocenters. The van der Waals surface area contributed by atoms with Gasteiger partial charge in [-0.05, 0) is 41.6 Å². The summed E-state index contributed by atoms with van der Waals surface area (Å²) in [4.78, 5) is 0. The third kappa shape index (κ3) is 3.65. The minimum Gasteiger partial charge on any atom is -0.493 e. The average Bonchev–Trinajstić information content (AvgIpc) is 3.02. The van der Waals surface area contributed by atoms with E-state index in [9.17, 15) is 0 Å². The van der Waals surface area contributed by atoms with Crippen LogP contribution in [0.25, 0.3) is 5.69 Å². The Labute approximate surface area is 133 Å². The monoisotopic (exact) mass is 312 g/mol. The van der Waals surface area contributed by atoms with Gasteiger partial charge in [0.1, 0.15) is 5.75 Å².